The summed E-state index contributed by atoms with van der Waals surface area (Å²) in [6, 6.07) is 4.43. The van der Waals surface area contributed by atoms with Crippen molar-refractivity contribution in [3.8, 4) is 0 Å². The lowest BCUT2D eigenvalue weighted by Crippen LogP contribution is -2.21. The van der Waals surface area contributed by atoms with Gasteiger partial charge in [-0.1, -0.05) is 28.9 Å². The van der Waals surface area contributed by atoms with Crippen LogP contribution in [-0.4, -0.2) is 22.0 Å². The number of aromatic nitrogens is 3. The summed E-state index contributed by atoms with van der Waals surface area (Å²) in [5, 5.41) is 11.0. The lowest BCUT2D eigenvalue weighted by atomic mass is 10.0. The Balaban J connectivity index is 2.56. The molecule has 0 saturated heterocycles. The van der Waals surface area contributed by atoms with Crippen LogP contribution in [0.3, 0.4) is 0 Å². The van der Waals surface area contributed by atoms with E-state index in [4.69, 9.17) is 11.6 Å². The van der Waals surface area contributed by atoms with Crippen molar-refractivity contribution in [3.63, 3.8) is 0 Å². The maximum atomic E-state index is 13.5. The normalized spacial score (nSPS) is 12.7. The monoisotopic (exact) mass is 332 g/mol. The molecule has 18 heavy (non-hydrogen) atoms. The van der Waals surface area contributed by atoms with Gasteiger partial charge in [-0.2, -0.15) is 0 Å². The molecule has 0 bridgehead atoms. The first-order valence-corrected chi connectivity index (χ1v) is 6.39. The molecule has 1 atom stereocenters. The van der Waals surface area contributed by atoms with E-state index in [1.807, 2.05) is 0 Å². The summed E-state index contributed by atoms with van der Waals surface area (Å²) in [6.07, 6.45) is 0. The molecule has 1 aromatic carbocycles. The lowest BCUT2D eigenvalue weighted by molar-refractivity contribution is 0.586. The number of aryl methyl sites for hydroxylation is 1. The number of hydrogen-bond acceptors (Lipinski definition) is 3. The molecule has 7 heteroatoms. The number of halogens is 3. The minimum absolute atomic E-state index is 0.102. The number of nitrogens with one attached hydrogen (secondary N) is 1. The zero-order valence-electron chi connectivity index (χ0n) is 9.78. The van der Waals surface area contributed by atoms with Gasteiger partial charge >= 0.3 is 0 Å². The van der Waals surface area contributed by atoms with Crippen molar-refractivity contribution in [3.05, 3.63) is 44.9 Å². The minimum Gasteiger partial charge on any atom is -0.308 e. The topological polar surface area (TPSA) is 42.7 Å². The smallest absolute Gasteiger partial charge is 0.153 e. The molecular weight excluding hydrogens is 323 g/mol. The second kappa shape index (κ2) is 5.34. The zero-order valence-corrected chi connectivity index (χ0v) is 12.1. The molecule has 0 saturated carbocycles. The highest BCUT2D eigenvalue weighted by atomic mass is 79.9. The Kier molecular flexibility index (Phi) is 3.99. The number of benzene rings is 1. The summed E-state index contributed by atoms with van der Waals surface area (Å²) >= 11 is 9.34. The van der Waals surface area contributed by atoms with Crippen molar-refractivity contribution in [2.24, 2.45) is 7.05 Å². The third-order valence-electron chi connectivity index (χ3n) is 2.68. The molecule has 0 aliphatic carbocycles. The molecule has 2 rings (SSSR count). The van der Waals surface area contributed by atoms with Crippen LogP contribution in [0.2, 0.25) is 5.02 Å². The molecule has 0 amide bonds. The van der Waals surface area contributed by atoms with E-state index < -0.39 is 5.82 Å². The maximum absolute atomic E-state index is 13.5. The fraction of sp³-hybridized carbons (Fsp3) is 0.273. The van der Waals surface area contributed by atoms with Crippen LogP contribution >= 0.6 is 27.5 Å². The van der Waals surface area contributed by atoms with Gasteiger partial charge in [-0.25, -0.2) is 9.07 Å². The predicted molar refractivity (Wildman–Crippen MR) is 71.0 cm³/mol. The van der Waals surface area contributed by atoms with Crippen LogP contribution in [0.4, 0.5) is 4.39 Å². The van der Waals surface area contributed by atoms with Gasteiger partial charge in [0.1, 0.15) is 5.82 Å². The molecule has 1 aromatic heterocycles. The van der Waals surface area contributed by atoms with Gasteiger partial charge in [0.2, 0.25) is 0 Å². The van der Waals surface area contributed by atoms with Crippen molar-refractivity contribution in [2.45, 2.75) is 6.04 Å². The third-order valence-corrected chi connectivity index (χ3v) is 3.64. The summed E-state index contributed by atoms with van der Waals surface area (Å²) < 4.78 is 15.7. The summed E-state index contributed by atoms with van der Waals surface area (Å²) in [7, 11) is 3.54. The first kappa shape index (κ1) is 13.5. The van der Waals surface area contributed by atoms with Crippen molar-refractivity contribution in [1.82, 2.24) is 20.3 Å². The van der Waals surface area contributed by atoms with Gasteiger partial charge in [0, 0.05) is 7.05 Å². The van der Waals surface area contributed by atoms with Gasteiger partial charge in [-0.3, -0.25) is 0 Å². The summed E-state index contributed by atoms with van der Waals surface area (Å²) in [6.45, 7) is 0. The fourth-order valence-corrected chi connectivity index (χ4v) is 2.62. The quantitative estimate of drug-likeness (QED) is 0.939. The van der Waals surface area contributed by atoms with Crippen LogP contribution in [0.1, 0.15) is 17.3 Å². The van der Waals surface area contributed by atoms with E-state index in [9.17, 15) is 4.39 Å². The molecule has 4 nitrogen and oxygen atoms in total. The van der Waals surface area contributed by atoms with E-state index in [2.05, 4.69) is 31.6 Å². The van der Waals surface area contributed by atoms with Gasteiger partial charge in [0.15, 0.2) is 4.60 Å². The Morgan fingerprint density at radius 3 is 2.78 bits per heavy atom. The van der Waals surface area contributed by atoms with Crippen LogP contribution in [0, 0.1) is 5.82 Å². The Morgan fingerprint density at radius 1 is 1.50 bits per heavy atom. The van der Waals surface area contributed by atoms with Gasteiger partial charge in [-0.15, -0.1) is 5.10 Å². The standard InChI is InChI=1S/C11H11BrClFN4/c1-15-9(10-11(12)16-17-18(10)2)6-4-3-5-7(14)8(6)13/h3-5,9,15H,1-2H3. The SMILES string of the molecule is CNC(c1cccc(F)c1Cl)c1c(Br)nnn1C. The van der Waals surface area contributed by atoms with Gasteiger partial charge in [0.05, 0.1) is 16.8 Å². The average Bonchev–Trinajstić information content (AvgIpc) is 2.67. The Hall–Kier alpha value is -0.980. The van der Waals surface area contributed by atoms with Crippen LogP contribution in [0.25, 0.3) is 0 Å². The van der Waals surface area contributed by atoms with Crippen LogP contribution in [0.15, 0.2) is 22.8 Å². The zero-order chi connectivity index (χ0) is 13.3. The summed E-state index contributed by atoms with van der Waals surface area (Å²) in [5.74, 6) is -0.444. The Morgan fingerprint density at radius 2 is 2.22 bits per heavy atom. The highest BCUT2D eigenvalue weighted by Gasteiger charge is 2.23. The summed E-state index contributed by atoms with van der Waals surface area (Å²) in [4.78, 5) is 0. The van der Waals surface area contributed by atoms with Crippen molar-refractivity contribution in [2.75, 3.05) is 7.05 Å². The second-order valence-corrected chi connectivity index (χ2v) is 4.88. The molecule has 96 valence electrons. The number of nitrogens with zero attached hydrogens (tertiary/aromatic N) is 3. The van der Waals surface area contributed by atoms with Crippen molar-refractivity contribution >= 4 is 27.5 Å². The largest absolute Gasteiger partial charge is 0.308 e. The van der Waals surface area contributed by atoms with E-state index in [1.165, 1.54) is 6.07 Å². The molecule has 1 heterocycles. The lowest BCUT2D eigenvalue weighted by Gasteiger charge is -2.18. The molecular formula is C11H11BrClFN4. The highest BCUT2D eigenvalue weighted by molar-refractivity contribution is 9.10. The van der Waals surface area contributed by atoms with Crippen LogP contribution in [-0.2, 0) is 7.05 Å². The average molecular weight is 334 g/mol. The molecule has 0 aliphatic rings. The van der Waals surface area contributed by atoms with Gasteiger partial charge in [0.25, 0.3) is 0 Å². The van der Waals surface area contributed by atoms with Crippen molar-refractivity contribution < 1.29 is 4.39 Å². The summed E-state index contributed by atoms with van der Waals surface area (Å²) in [5.41, 5.74) is 1.43. The molecule has 0 radical (unpaired) electrons. The maximum Gasteiger partial charge on any atom is 0.153 e. The van der Waals surface area contributed by atoms with E-state index in [0.29, 0.717) is 10.2 Å². The van der Waals surface area contributed by atoms with Crippen LogP contribution < -0.4 is 5.32 Å². The molecule has 1 unspecified atom stereocenters. The van der Waals surface area contributed by atoms with Crippen molar-refractivity contribution in [1.29, 1.82) is 0 Å². The Bertz CT molecular complexity index is 553. The Labute approximate surface area is 117 Å². The molecule has 0 spiro atoms. The second-order valence-electron chi connectivity index (χ2n) is 3.75. The highest BCUT2D eigenvalue weighted by Crippen LogP contribution is 2.32. The fourth-order valence-electron chi connectivity index (χ4n) is 1.83. The van der Waals surface area contributed by atoms with E-state index in [-0.39, 0.29) is 11.1 Å². The van der Waals surface area contributed by atoms with E-state index in [1.54, 1.807) is 30.9 Å². The number of rotatable bonds is 3. The minimum atomic E-state index is -0.444. The predicted octanol–water partition coefficient (Wildman–Crippen LogP) is 2.68. The molecule has 0 aliphatic heterocycles. The van der Waals surface area contributed by atoms with E-state index in [0.717, 1.165) is 5.69 Å². The van der Waals surface area contributed by atoms with Gasteiger partial charge in [-0.05, 0) is 34.6 Å². The molecule has 2 aromatic rings. The first-order chi connectivity index (χ1) is 8.56. The van der Waals surface area contributed by atoms with E-state index >= 15 is 0 Å². The molecule has 1 N–H and O–H groups in total. The number of hydrogen-bond donors (Lipinski definition) is 1. The van der Waals surface area contributed by atoms with Gasteiger partial charge < -0.3 is 5.32 Å². The molecule has 0 fully saturated rings. The van der Waals surface area contributed by atoms with Crippen LogP contribution in [0.5, 0.6) is 0 Å². The third kappa shape index (κ3) is 2.28. The first-order valence-electron chi connectivity index (χ1n) is 5.22.